The molecular formula is C12H16O2. The van der Waals surface area contributed by atoms with E-state index in [1.807, 2.05) is 0 Å². The van der Waals surface area contributed by atoms with Gasteiger partial charge in [0.15, 0.2) is 5.78 Å². The van der Waals surface area contributed by atoms with Gasteiger partial charge in [0.05, 0.1) is 6.10 Å². The van der Waals surface area contributed by atoms with Gasteiger partial charge in [-0.2, -0.15) is 0 Å². The molecule has 0 radical (unpaired) electrons. The van der Waals surface area contributed by atoms with Gasteiger partial charge in [-0.05, 0) is 32.8 Å². The Balaban J connectivity index is 2.30. The molecule has 2 aliphatic carbocycles. The molecule has 0 amide bonds. The third-order valence-electron chi connectivity index (χ3n) is 3.58. The van der Waals surface area contributed by atoms with E-state index in [1.165, 1.54) is 11.1 Å². The summed E-state index contributed by atoms with van der Waals surface area (Å²) in [5, 5.41) is 9.76. The molecule has 0 aromatic rings. The summed E-state index contributed by atoms with van der Waals surface area (Å²) in [5.41, 5.74) is 2.66. The fourth-order valence-corrected chi connectivity index (χ4v) is 2.46. The van der Waals surface area contributed by atoms with E-state index in [4.69, 9.17) is 0 Å². The lowest BCUT2D eigenvalue weighted by Gasteiger charge is -2.36. The Morgan fingerprint density at radius 2 is 1.93 bits per heavy atom. The highest BCUT2D eigenvalue weighted by Crippen LogP contribution is 2.38. The summed E-state index contributed by atoms with van der Waals surface area (Å²) >= 11 is 0. The first-order valence-electron chi connectivity index (χ1n) is 5.15. The van der Waals surface area contributed by atoms with E-state index in [0.717, 1.165) is 12.8 Å². The van der Waals surface area contributed by atoms with Gasteiger partial charge in [-0.15, -0.1) is 0 Å². The number of ketones is 1. The molecule has 0 spiro atoms. The predicted octanol–water partition coefficient (Wildman–Crippen LogP) is 1.85. The van der Waals surface area contributed by atoms with Gasteiger partial charge in [-0.3, -0.25) is 4.79 Å². The Labute approximate surface area is 84.3 Å². The zero-order chi connectivity index (χ0) is 10.3. The molecule has 0 aliphatic heterocycles. The predicted molar refractivity (Wildman–Crippen MR) is 54.7 cm³/mol. The maximum Gasteiger partial charge on any atom is 0.159 e. The van der Waals surface area contributed by atoms with Gasteiger partial charge >= 0.3 is 0 Å². The summed E-state index contributed by atoms with van der Waals surface area (Å²) in [7, 11) is 0. The summed E-state index contributed by atoms with van der Waals surface area (Å²) in [5.74, 6) is 0.335. The quantitative estimate of drug-likeness (QED) is 0.595. The molecule has 0 aromatic carbocycles. The van der Waals surface area contributed by atoms with Crippen LogP contribution >= 0.6 is 0 Å². The molecule has 2 nitrogen and oxygen atoms in total. The van der Waals surface area contributed by atoms with Crippen molar-refractivity contribution in [3.63, 3.8) is 0 Å². The lowest BCUT2D eigenvalue weighted by atomic mass is 9.70. The first-order chi connectivity index (χ1) is 6.59. The number of aliphatic hydroxyl groups is 1. The van der Waals surface area contributed by atoms with Gasteiger partial charge in [-0.1, -0.05) is 17.2 Å². The Kier molecular flexibility index (Phi) is 2.31. The van der Waals surface area contributed by atoms with Crippen LogP contribution in [0.4, 0.5) is 0 Å². The van der Waals surface area contributed by atoms with Crippen molar-refractivity contribution in [3.05, 3.63) is 23.3 Å². The number of hydrogen-bond donors (Lipinski definition) is 1. The average Bonchev–Trinajstić information content (AvgIpc) is 2.15. The maximum absolute atomic E-state index is 11.6. The highest BCUT2D eigenvalue weighted by molar-refractivity contribution is 5.93. The molecule has 0 saturated heterocycles. The number of allylic oxidation sites excluding steroid dienone is 3. The summed E-state index contributed by atoms with van der Waals surface area (Å²) < 4.78 is 0. The molecule has 2 heteroatoms. The molecule has 0 fully saturated rings. The fraction of sp³-hybridized carbons (Fsp3) is 0.583. The van der Waals surface area contributed by atoms with Crippen molar-refractivity contribution in [1.29, 1.82) is 0 Å². The Morgan fingerprint density at radius 1 is 1.29 bits per heavy atom. The van der Waals surface area contributed by atoms with Crippen molar-refractivity contribution in [2.75, 3.05) is 0 Å². The molecule has 2 rings (SSSR count). The normalized spacial score (nSPS) is 37.4. The molecule has 1 N–H and O–H groups in total. The van der Waals surface area contributed by atoms with Crippen LogP contribution in [0.15, 0.2) is 23.3 Å². The number of hydrogen-bond acceptors (Lipinski definition) is 2. The third kappa shape index (κ3) is 1.44. The van der Waals surface area contributed by atoms with Crippen molar-refractivity contribution >= 4 is 5.78 Å². The summed E-state index contributed by atoms with van der Waals surface area (Å²) in [4.78, 5) is 11.6. The first kappa shape index (κ1) is 9.66. The monoisotopic (exact) mass is 192 g/mol. The van der Waals surface area contributed by atoms with E-state index in [0.29, 0.717) is 0 Å². The third-order valence-corrected chi connectivity index (χ3v) is 3.58. The van der Waals surface area contributed by atoms with Crippen LogP contribution in [0.3, 0.4) is 0 Å². The minimum absolute atomic E-state index is 0.0266. The van der Waals surface area contributed by atoms with Crippen LogP contribution < -0.4 is 0 Å². The van der Waals surface area contributed by atoms with Crippen molar-refractivity contribution in [1.82, 2.24) is 0 Å². The minimum Gasteiger partial charge on any atom is -0.389 e. The average molecular weight is 192 g/mol. The molecule has 0 bridgehead atoms. The standard InChI is InChI=1S/C12H16O2/c1-7-5-9-10(6-8(7)2)12(14)4-3-11(9)13/h3-4,9-11,13H,5-6H2,1-2H3. The van der Waals surface area contributed by atoms with Gasteiger partial charge in [0.2, 0.25) is 0 Å². The zero-order valence-corrected chi connectivity index (χ0v) is 8.66. The van der Waals surface area contributed by atoms with E-state index < -0.39 is 6.10 Å². The highest BCUT2D eigenvalue weighted by atomic mass is 16.3. The van der Waals surface area contributed by atoms with Gasteiger partial charge in [-0.25, -0.2) is 0 Å². The van der Waals surface area contributed by atoms with Crippen LogP contribution in [0, 0.1) is 11.8 Å². The molecule has 0 aromatic heterocycles. The lowest BCUT2D eigenvalue weighted by molar-refractivity contribution is -0.122. The smallest absolute Gasteiger partial charge is 0.159 e. The van der Waals surface area contributed by atoms with Crippen LogP contribution in [0.5, 0.6) is 0 Å². The molecule has 0 saturated carbocycles. The topological polar surface area (TPSA) is 37.3 Å². The molecular weight excluding hydrogens is 176 g/mol. The molecule has 76 valence electrons. The molecule has 0 heterocycles. The van der Waals surface area contributed by atoms with E-state index >= 15 is 0 Å². The second kappa shape index (κ2) is 3.35. The van der Waals surface area contributed by atoms with Crippen LogP contribution in [-0.2, 0) is 4.79 Å². The van der Waals surface area contributed by atoms with E-state index in [2.05, 4.69) is 13.8 Å². The van der Waals surface area contributed by atoms with Crippen LogP contribution in [0.1, 0.15) is 26.7 Å². The van der Waals surface area contributed by atoms with Gasteiger partial charge in [0.1, 0.15) is 0 Å². The lowest BCUT2D eigenvalue weighted by Crippen LogP contribution is -2.37. The van der Waals surface area contributed by atoms with Gasteiger partial charge in [0, 0.05) is 11.8 Å². The van der Waals surface area contributed by atoms with Crippen molar-refractivity contribution < 1.29 is 9.90 Å². The number of carbonyl (C=O) groups is 1. The van der Waals surface area contributed by atoms with Crippen molar-refractivity contribution in [2.24, 2.45) is 11.8 Å². The largest absolute Gasteiger partial charge is 0.389 e. The number of fused-ring (bicyclic) bond motifs is 1. The minimum atomic E-state index is -0.430. The molecule has 3 atom stereocenters. The first-order valence-corrected chi connectivity index (χ1v) is 5.15. The van der Waals surface area contributed by atoms with E-state index in [-0.39, 0.29) is 17.6 Å². The van der Waals surface area contributed by atoms with Crippen LogP contribution in [-0.4, -0.2) is 17.0 Å². The van der Waals surface area contributed by atoms with E-state index in [9.17, 15) is 9.90 Å². The fourth-order valence-electron chi connectivity index (χ4n) is 2.46. The van der Waals surface area contributed by atoms with Gasteiger partial charge in [0.25, 0.3) is 0 Å². The second-order valence-electron chi connectivity index (χ2n) is 4.49. The summed E-state index contributed by atoms with van der Waals surface area (Å²) in [6, 6.07) is 0. The van der Waals surface area contributed by atoms with E-state index in [1.54, 1.807) is 12.2 Å². The zero-order valence-electron chi connectivity index (χ0n) is 8.66. The second-order valence-corrected chi connectivity index (χ2v) is 4.49. The van der Waals surface area contributed by atoms with Crippen molar-refractivity contribution in [2.45, 2.75) is 32.8 Å². The summed E-state index contributed by atoms with van der Waals surface area (Å²) in [6.45, 7) is 4.19. The van der Waals surface area contributed by atoms with Crippen LogP contribution in [0.25, 0.3) is 0 Å². The Bertz CT molecular complexity index is 325. The Morgan fingerprint density at radius 3 is 2.64 bits per heavy atom. The van der Waals surface area contributed by atoms with Crippen molar-refractivity contribution in [3.8, 4) is 0 Å². The number of aliphatic hydroxyl groups excluding tert-OH is 1. The highest BCUT2D eigenvalue weighted by Gasteiger charge is 2.37. The molecule has 3 unspecified atom stereocenters. The Hall–Kier alpha value is -0.890. The maximum atomic E-state index is 11.6. The van der Waals surface area contributed by atoms with Gasteiger partial charge < -0.3 is 5.11 Å². The summed E-state index contributed by atoms with van der Waals surface area (Å²) in [6.07, 6.45) is 4.45. The van der Waals surface area contributed by atoms with Crippen LogP contribution in [0.2, 0.25) is 0 Å². The molecule has 14 heavy (non-hydrogen) atoms. The number of rotatable bonds is 0. The number of carbonyl (C=O) groups excluding carboxylic acids is 1. The SMILES string of the molecule is CC1=C(C)CC2C(O)C=CC(=O)C2C1. The molecule has 2 aliphatic rings.